The summed E-state index contributed by atoms with van der Waals surface area (Å²) in [5, 5.41) is 3.63. The van der Waals surface area contributed by atoms with Gasteiger partial charge < -0.3 is 10.2 Å². The van der Waals surface area contributed by atoms with Crippen LogP contribution < -0.4 is 5.32 Å². The van der Waals surface area contributed by atoms with Gasteiger partial charge >= 0.3 is 0 Å². The van der Waals surface area contributed by atoms with Gasteiger partial charge in [0.05, 0.1) is 0 Å². The van der Waals surface area contributed by atoms with Crippen molar-refractivity contribution in [1.82, 2.24) is 4.90 Å². The molecule has 0 radical (unpaired) electrons. The van der Waals surface area contributed by atoms with Crippen LogP contribution >= 0.6 is 0 Å². The fourth-order valence-electron chi connectivity index (χ4n) is 3.23. The van der Waals surface area contributed by atoms with E-state index in [1.54, 1.807) is 5.56 Å². The summed E-state index contributed by atoms with van der Waals surface area (Å²) in [6.07, 6.45) is 1.33. The normalized spacial score (nSPS) is 29.1. The van der Waals surface area contributed by atoms with Crippen molar-refractivity contribution < 1.29 is 0 Å². The van der Waals surface area contributed by atoms with Gasteiger partial charge in [0.2, 0.25) is 0 Å². The summed E-state index contributed by atoms with van der Waals surface area (Å²) in [6, 6.07) is 6.72. The van der Waals surface area contributed by atoms with Crippen molar-refractivity contribution in [1.29, 1.82) is 0 Å². The second kappa shape index (κ2) is 3.77. The molecule has 2 heterocycles. The number of aryl methyl sites for hydroxylation is 1. The van der Waals surface area contributed by atoms with Crippen LogP contribution in [0.5, 0.6) is 0 Å². The third-order valence-electron chi connectivity index (χ3n) is 4.20. The second-order valence-corrected chi connectivity index (χ2v) is 5.34. The van der Waals surface area contributed by atoms with Crippen molar-refractivity contribution in [3.05, 3.63) is 29.3 Å². The molecule has 1 aromatic carbocycles. The number of piperidine rings is 1. The molecule has 0 spiro atoms. The summed E-state index contributed by atoms with van der Waals surface area (Å²) in [7, 11) is 2.24. The van der Waals surface area contributed by atoms with Gasteiger partial charge in [-0.25, -0.2) is 0 Å². The lowest BCUT2D eigenvalue weighted by Gasteiger charge is -2.41. The Morgan fingerprint density at radius 2 is 2.25 bits per heavy atom. The lowest BCUT2D eigenvalue weighted by molar-refractivity contribution is 0.192. The van der Waals surface area contributed by atoms with Gasteiger partial charge in [-0.05, 0) is 44.0 Å². The van der Waals surface area contributed by atoms with Crippen molar-refractivity contribution in [2.75, 3.05) is 32.0 Å². The van der Waals surface area contributed by atoms with E-state index in [1.165, 1.54) is 30.8 Å². The number of hydrogen-bond donors (Lipinski definition) is 1. The number of hydrogen-bond acceptors (Lipinski definition) is 2. The van der Waals surface area contributed by atoms with E-state index in [9.17, 15) is 0 Å². The van der Waals surface area contributed by atoms with E-state index in [-0.39, 0.29) is 0 Å². The molecule has 0 bridgehead atoms. The van der Waals surface area contributed by atoms with Gasteiger partial charge in [0, 0.05) is 24.7 Å². The Labute approximate surface area is 97.6 Å². The number of nitrogens with zero attached hydrogens (tertiary/aromatic N) is 1. The molecule has 2 atom stereocenters. The van der Waals surface area contributed by atoms with E-state index in [0.717, 1.165) is 18.4 Å². The Morgan fingerprint density at radius 3 is 3.12 bits per heavy atom. The minimum atomic E-state index is 0.745. The predicted molar refractivity (Wildman–Crippen MR) is 68.0 cm³/mol. The SMILES string of the molecule is Cc1cccc2c1NCC1CCN(C)CC21. The topological polar surface area (TPSA) is 15.3 Å². The van der Waals surface area contributed by atoms with Crippen molar-refractivity contribution in [2.24, 2.45) is 5.92 Å². The first-order valence-electron chi connectivity index (χ1n) is 6.27. The summed E-state index contributed by atoms with van der Waals surface area (Å²) in [5.41, 5.74) is 4.34. The Kier molecular flexibility index (Phi) is 2.40. The first-order chi connectivity index (χ1) is 7.75. The first kappa shape index (κ1) is 10.2. The summed E-state index contributed by atoms with van der Waals surface area (Å²) in [5.74, 6) is 1.58. The molecule has 0 amide bonds. The fraction of sp³-hybridized carbons (Fsp3) is 0.571. The van der Waals surface area contributed by atoms with Gasteiger partial charge in [-0.15, -0.1) is 0 Å². The Balaban J connectivity index is 2.00. The molecule has 16 heavy (non-hydrogen) atoms. The standard InChI is InChI=1S/C14H20N2/c1-10-4-3-5-12-13-9-16(2)7-6-11(13)8-15-14(10)12/h3-5,11,13,15H,6-9H2,1-2H3. The molecule has 0 aliphatic carbocycles. The number of fused-ring (bicyclic) bond motifs is 3. The Bertz CT molecular complexity index is 400. The maximum atomic E-state index is 3.63. The van der Waals surface area contributed by atoms with Crippen LogP contribution in [0.15, 0.2) is 18.2 Å². The summed E-state index contributed by atoms with van der Waals surface area (Å²) < 4.78 is 0. The molecule has 86 valence electrons. The van der Waals surface area contributed by atoms with E-state index >= 15 is 0 Å². The van der Waals surface area contributed by atoms with Crippen LogP contribution in [-0.2, 0) is 0 Å². The minimum absolute atomic E-state index is 0.745. The van der Waals surface area contributed by atoms with Gasteiger partial charge in [-0.3, -0.25) is 0 Å². The van der Waals surface area contributed by atoms with E-state index < -0.39 is 0 Å². The lowest BCUT2D eigenvalue weighted by Crippen LogP contribution is -2.42. The average Bonchev–Trinajstić information content (AvgIpc) is 2.29. The number of likely N-dealkylation sites (tertiary alicyclic amines) is 1. The van der Waals surface area contributed by atoms with Crippen LogP contribution in [0.2, 0.25) is 0 Å². The zero-order chi connectivity index (χ0) is 11.1. The molecule has 1 fully saturated rings. The van der Waals surface area contributed by atoms with E-state index in [0.29, 0.717) is 0 Å². The first-order valence-corrected chi connectivity index (χ1v) is 6.27. The van der Waals surface area contributed by atoms with Crippen molar-refractivity contribution in [3.63, 3.8) is 0 Å². The molecule has 2 nitrogen and oxygen atoms in total. The maximum absolute atomic E-state index is 3.63. The average molecular weight is 216 g/mol. The molecule has 2 heteroatoms. The fourth-order valence-corrected chi connectivity index (χ4v) is 3.23. The van der Waals surface area contributed by atoms with E-state index in [4.69, 9.17) is 0 Å². The largest absolute Gasteiger partial charge is 0.384 e. The maximum Gasteiger partial charge on any atom is 0.0405 e. The molecule has 0 aromatic heterocycles. The number of benzene rings is 1. The highest BCUT2D eigenvalue weighted by atomic mass is 15.1. The number of anilines is 1. The van der Waals surface area contributed by atoms with E-state index in [2.05, 4.69) is 42.4 Å². The highest BCUT2D eigenvalue weighted by Crippen LogP contribution is 2.40. The molecule has 2 aliphatic rings. The molecule has 1 N–H and O–H groups in total. The van der Waals surface area contributed by atoms with Gasteiger partial charge in [-0.2, -0.15) is 0 Å². The van der Waals surface area contributed by atoms with Crippen LogP contribution in [-0.4, -0.2) is 31.6 Å². The van der Waals surface area contributed by atoms with Crippen LogP contribution in [0.4, 0.5) is 5.69 Å². The summed E-state index contributed by atoms with van der Waals surface area (Å²) >= 11 is 0. The molecule has 0 saturated carbocycles. The van der Waals surface area contributed by atoms with Crippen LogP contribution in [0.1, 0.15) is 23.5 Å². The molecule has 1 saturated heterocycles. The summed E-state index contributed by atoms with van der Waals surface area (Å²) in [6.45, 7) is 5.85. The van der Waals surface area contributed by atoms with Gasteiger partial charge in [0.1, 0.15) is 0 Å². The Hall–Kier alpha value is -1.02. The molecule has 2 unspecified atom stereocenters. The molecule has 3 rings (SSSR count). The zero-order valence-electron chi connectivity index (χ0n) is 10.2. The third kappa shape index (κ3) is 1.52. The van der Waals surface area contributed by atoms with Gasteiger partial charge in [0.25, 0.3) is 0 Å². The van der Waals surface area contributed by atoms with Crippen LogP contribution in [0, 0.1) is 12.8 Å². The number of rotatable bonds is 0. The lowest BCUT2D eigenvalue weighted by atomic mass is 9.77. The number of para-hydroxylation sites is 1. The molecular formula is C14H20N2. The third-order valence-corrected chi connectivity index (χ3v) is 4.20. The van der Waals surface area contributed by atoms with Crippen molar-refractivity contribution >= 4 is 5.69 Å². The minimum Gasteiger partial charge on any atom is -0.384 e. The van der Waals surface area contributed by atoms with Crippen LogP contribution in [0.25, 0.3) is 0 Å². The smallest absolute Gasteiger partial charge is 0.0405 e. The highest BCUT2D eigenvalue weighted by molar-refractivity contribution is 5.60. The van der Waals surface area contributed by atoms with E-state index in [1.807, 2.05) is 0 Å². The predicted octanol–water partition coefficient (Wildman–Crippen LogP) is 2.46. The van der Waals surface area contributed by atoms with Gasteiger partial charge in [0.15, 0.2) is 0 Å². The molecular weight excluding hydrogens is 196 g/mol. The van der Waals surface area contributed by atoms with Gasteiger partial charge in [-0.1, -0.05) is 18.2 Å². The summed E-state index contributed by atoms with van der Waals surface area (Å²) in [4.78, 5) is 2.47. The molecule has 1 aromatic rings. The molecule has 2 aliphatic heterocycles. The van der Waals surface area contributed by atoms with Crippen molar-refractivity contribution in [3.8, 4) is 0 Å². The zero-order valence-corrected chi connectivity index (χ0v) is 10.2. The monoisotopic (exact) mass is 216 g/mol. The Morgan fingerprint density at radius 1 is 1.38 bits per heavy atom. The van der Waals surface area contributed by atoms with Crippen molar-refractivity contribution in [2.45, 2.75) is 19.3 Å². The second-order valence-electron chi connectivity index (χ2n) is 5.34. The quantitative estimate of drug-likeness (QED) is 0.716. The highest BCUT2D eigenvalue weighted by Gasteiger charge is 2.33. The van der Waals surface area contributed by atoms with Crippen LogP contribution in [0.3, 0.4) is 0 Å². The number of likely N-dealkylation sites (N-methyl/N-ethyl adjacent to an activating group) is 1. The number of nitrogens with one attached hydrogen (secondary N) is 1.